The number of ether oxygens (including phenoxy) is 3. The summed E-state index contributed by atoms with van der Waals surface area (Å²) in [6.07, 6.45) is 0. The zero-order valence-electron chi connectivity index (χ0n) is 16.9. The standard InChI is InChI=1S/C25H24N2O3/c1-20-18-25(27(26-20)22-10-6-3-7-11-22)29-17-16-28-23-12-14-24(15-13-23)30-19-21-8-4-2-5-9-21/h2-15,18H,16-17,19H2,1H3. The smallest absolute Gasteiger partial charge is 0.216 e. The van der Waals surface area contributed by atoms with Crippen LogP contribution in [0.3, 0.4) is 0 Å². The molecule has 0 amide bonds. The van der Waals surface area contributed by atoms with Crippen LogP contribution in [0.2, 0.25) is 0 Å². The maximum atomic E-state index is 5.90. The molecule has 4 rings (SSSR count). The van der Waals surface area contributed by atoms with Crippen LogP contribution < -0.4 is 14.2 Å². The average molecular weight is 400 g/mol. The summed E-state index contributed by atoms with van der Waals surface area (Å²) in [5, 5.41) is 4.50. The lowest BCUT2D eigenvalue weighted by Crippen LogP contribution is -2.11. The lowest BCUT2D eigenvalue weighted by Gasteiger charge is -2.11. The molecule has 0 aliphatic carbocycles. The maximum Gasteiger partial charge on any atom is 0.216 e. The van der Waals surface area contributed by atoms with Gasteiger partial charge in [0.2, 0.25) is 5.88 Å². The predicted octanol–water partition coefficient (Wildman–Crippen LogP) is 5.22. The van der Waals surface area contributed by atoms with Crippen molar-refractivity contribution in [2.24, 2.45) is 0 Å². The Hall–Kier alpha value is -3.73. The summed E-state index contributed by atoms with van der Waals surface area (Å²) in [5.74, 6) is 2.29. The second kappa shape index (κ2) is 9.65. The van der Waals surface area contributed by atoms with Crippen LogP contribution in [-0.4, -0.2) is 23.0 Å². The van der Waals surface area contributed by atoms with E-state index in [1.165, 1.54) is 0 Å². The second-order valence-corrected chi connectivity index (χ2v) is 6.81. The Balaban J connectivity index is 1.25. The zero-order valence-corrected chi connectivity index (χ0v) is 16.9. The molecule has 3 aromatic carbocycles. The minimum Gasteiger partial charge on any atom is -0.490 e. The number of nitrogens with zero attached hydrogens (tertiary/aromatic N) is 2. The van der Waals surface area contributed by atoms with E-state index in [-0.39, 0.29) is 0 Å². The van der Waals surface area contributed by atoms with Gasteiger partial charge in [-0.1, -0.05) is 48.5 Å². The molecule has 5 nitrogen and oxygen atoms in total. The van der Waals surface area contributed by atoms with Crippen LogP contribution in [0, 0.1) is 6.92 Å². The number of hydrogen-bond donors (Lipinski definition) is 0. The van der Waals surface area contributed by atoms with Crippen molar-refractivity contribution in [3.63, 3.8) is 0 Å². The van der Waals surface area contributed by atoms with Gasteiger partial charge in [-0.3, -0.25) is 0 Å². The topological polar surface area (TPSA) is 45.5 Å². The van der Waals surface area contributed by atoms with Crippen LogP contribution in [0.5, 0.6) is 17.4 Å². The van der Waals surface area contributed by atoms with Crippen LogP contribution in [0.4, 0.5) is 0 Å². The van der Waals surface area contributed by atoms with Gasteiger partial charge in [0.05, 0.1) is 11.4 Å². The van der Waals surface area contributed by atoms with Gasteiger partial charge in [-0.15, -0.1) is 0 Å². The second-order valence-electron chi connectivity index (χ2n) is 6.81. The third kappa shape index (κ3) is 5.20. The third-order valence-electron chi connectivity index (χ3n) is 4.47. The molecule has 0 fully saturated rings. The highest BCUT2D eigenvalue weighted by molar-refractivity contribution is 5.35. The summed E-state index contributed by atoms with van der Waals surface area (Å²) in [6, 6.07) is 29.6. The van der Waals surface area contributed by atoms with Gasteiger partial charge >= 0.3 is 0 Å². The maximum absolute atomic E-state index is 5.90. The molecule has 1 aromatic heterocycles. The van der Waals surface area contributed by atoms with Crippen molar-refractivity contribution in [3.05, 3.63) is 102 Å². The van der Waals surface area contributed by atoms with E-state index >= 15 is 0 Å². The highest BCUT2D eigenvalue weighted by atomic mass is 16.5. The van der Waals surface area contributed by atoms with Crippen LogP contribution in [0.25, 0.3) is 5.69 Å². The van der Waals surface area contributed by atoms with Gasteiger partial charge in [0.15, 0.2) is 0 Å². The number of benzene rings is 3. The van der Waals surface area contributed by atoms with Crippen molar-refractivity contribution >= 4 is 0 Å². The fraction of sp³-hybridized carbons (Fsp3) is 0.160. The normalized spacial score (nSPS) is 10.6. The third-order valence-corrected chi connectivity index (χ3v) is 4.47. The molecule has 0 N–H and O–H groups in total. The van der Waals surface area contributed by atoms with Gasteiger partial charge in [-0.25, -0.2) is 4.68 Å². The molecule has 0 saturated heterocycles. The Morgan fingerprint density at radius 3 is 2.00 bits per heavy atom. The Bertz CT molecular complexity index is 1040. The first-order chi connectivity index (χ1) is 14.8. The molecule has 0 radical (unpaired) electrons. The summed E-state index contributed by atoms with van der Waals surface area (Å²) in [4.78, 5) is 0. The van der Waals surface area contributed by atoms with Crippen LogP contribution in [0.1, 0.15) is 11.3 Å². The molecule has 0 atom stereocenters. The molecule has 0 bridgehead atoms. The lowest BCUT2D eigenvalue weighted by atomic mass is 10.2. The average Bonchev–Trinajstić information content (AvgIpc) is 3.18. The Kier molecular flexibility index (Phi) is 6.30. The first-order valence-corrected chi connectivity index (χ1v) is 9.92. The molecule has 0 saturated carbocycles. The molecule has 0 aliphatic heterocycles. The number of aromatic nitrogens is 2. The summed E-state index contributed by atoms with van der Waals surface area (Å²) < 4.78 is 19.3. The highest BCUT2D eigenvalue weighted by Gasteiger charge is 2.08. The van der Waals surface area contributed by atoms with Crippen molar-refractivity contribution in [1.82, 2.24) is 9.78 Å². The van der Waals surface area contributed by atoms with Crippen molar-refractivity contribution in [2.45, 2.75) is 13.5 Å². The van der Waals surface area contributed by atoms with E-state index in [0.29, 0.717) is 25.7 Å². The van der Waals surface area contributed by atoms with E-state index in [9.17, 15) is 0 Å². The molecule has 1 heterocycles. The molecular weight excluding hydrogens is 376 g/mol. The zero-order chi connectivity index (χ0) is 20.6. The number of rotatable bonds is 9. The fourth-order valence-corrected chi connectivity index (χ4v) is 3.01. The fourth-order valence-electron chi connectivity index (χ4n) is 3.01. The molecule has 5 heteroatoms. The molecule has 152 valence electrons. The number of para-hydroxylation sites is 1. The molecule has 4 aromatic rings. The summed E-state index contributed by atoms with van der Waals surface area (Å²) in [5.41, 5.74) is 3.01. The van der Waals surface area contributed by atoms with Gasteiger partial charge in [0.1, 0.15) is 31.3 Å². The van der Waals surface area contributed by atoms with Gasteiger partial charge in [0, 0.05) is 6.07 Å². The van der Waals surface area contributed by atoms with Crippen LogP contribution >= 0.6 is 0 Å². The van der Waals surface area contributed by atoms with Gasteiger partial charge in [-0.05, 0) is 48.9 Å². The molecule has 30 heavy (non-hydrogen) atoms. The monoisotopic (exact) mass is 400 g/mol. The van der Waals surface area contributed by atoms with E-state index in [4.69, 9.17) is 14.2 Å². The Morgan fingerprint density at radius 2 is 1.30 bits per heavy atom. The van der Waals surface area contributed by atoms with Crippen molar-refractivity contribution in [2.75, 3.05) is 13.2 Å². The first-order valence-electron chi connectivity index (χ1n) is 9.92. The van der Waals surface area contributed by atoms with E-state index in [0.717, 1.165) is 28.4 Å². The number of hydrogen-bond acceptors (Lipinski definition) is 4. The summed E-state index contributed by atoms with van der Waals surface area (Å²) in [7, 11) is 0. The molecule has 0 aliphatic rings. The highest BCUT2D eigenvalue weighted by Crippen LogP contribution is 2.20. The SMILES string of the molecule is Cc1cc(OCCOc2ccc(OCc3ccccc3)cc2)n(-c2ccccc2)n1. The van der Waals surface area contributed by atoms with Gasteiger partial charge < -0.3 is 14.2 Å². The van der Waals surface area contributed by atoms with Crippen molar-refractivity contribution < 1.29 is 14.2 Å². The van der Waals surface area contributed by atoms with Crippen LogP contribution in [-0.2, 0) is 6.61 Å². The summed E-state index contributed by atoms with van der Waals surface area (Å²) >= 11 is 0. The Morgan fingerprint density at radius 1 is 0.700 bits per heavy atom. The molecular formula is C25H24N2O3. The quantitative estimate of drug-likeness (QED) is 0.362. The summed E-state index contributed by atoms with van der Waals surface area (Å²) in [6.45, 7) is 3.35. The van der Waals surface area contributed by atoms with Crippen molar-refractivity contribution in [1.29, 1.82) is 0 Å². The number of aryl methyl sites for hydroxylation is 1. The molecule has 0 spiro atoms. The molecule has 0 unspecified atom stereocenters. The lowest BCUT2D eigenvalue weighted by molar-refractivity contribution is 0.208. The van der Waals surface area contributed by atoms with Crippen LogP contribution in [0.15, 0.2) is 91.0 Å². The van der Waals surface area contributed by atoms with Gasteiger partial charge in [0.25, 0.3) is 0 Å². The Labute approximate surface area is 176 Å². The van der Waals surface area contributed by atoms with E-state index < -0.39 is 0 Å². The minimum atomic E-state index is 0.421. The van der Waals surface area contributed by atoms with E-state index in [2.05, 4.69) is 5.10 Å². The largest absolute Gasteiger partial charge is 0.490 e. The predicted molar refractivity (Wildman–Crippen MR) is 117 cm³/mol. The van der Waals surface area contributed by atoms with E-state index in [1.807, 2.05) is 97.9 Å². The van der Waals surface area contributed by atoms with E-state index in [1.54, 1.807) is 4.68 Å². The first kappa shape index (κ1) is 19.6. The van der Waals surface area contributed by atoms with Crippen molar-refractivity contribution in [3.8, 4) is 23.1 Å². The minimum absolute atomic E-state index is 0.421. The van der Waals surface area contributed by atoms with Gasteiger partial charge in [-0.2, -0.15) is 5.10 Å².